The molecule has 0 aromatic carbocycles. The van der Waals surface area contributed by atoms with Crippen LogP contribution in [0, 0.1) is 5.92 Å². The molecule has 1 saturated carbocycles. The minimum absolute atomic E-state index is 0.187. The number of hydrogen-bond donors (Lipinski definition) is 0. The molecule has 0 amide bonds. The SMILES string of the molecule is COC[C@]12CC3=B[C@H](O1)C3CC2OC. The van der Waals surface area contributed by atoms with Crippen molar-refractivity contribution in [3.63, 3.8) is 0 Å². The molecule has 5 aliphatic rings. The topological polar surface area (TPSA) is 27.7 Å². The normalized spacial score (nSPS) is 48.1. The fourth-order valence-electron chi connectivity index (χ4n) is 3.16. The van der Waals surface area contributed by atoms with Crippen LogP contribution < -0.4 is 0 Å². The molecule has 4 heterocycles. The average Bonchev–Trinajstić information content (AvgIpc) is 2.18. The molecule has 2 unspecified atom stereocenters. The summed E-state index contributed by atoms with van der Waals surface area (Å²) in [6, 6.07) is 0.347. The first-order valence-electron chi connectivity index (χ1n) is 5.19. The van der Waals surface area contributed by atoms with E-state index < -0.39 is 0 Å². The molecule has 0 radical (unpaired) electrons. The van der Waals surface area contributed by atoms with Gasteiger partial charge in [0.2, 0.25) is 0 Å². The van der Waals surface area contributed by atoms with E-state index >= 15 is 0 Å². The van der Waals surface area contributed by atoms with Gasteiger partial charge in [-0.25, -0.2) is 0 Å². The molecule has 4 atom stereocenters. The second-order valence-electron chi connectivity index (χ2n) is 4.57. The predicted molar refractivity (Wildman–Crippen MR) is 53.8 cm³/mol. The molecule has 0 aromatic heterocycles. The molecule has 3 fully saturated rings. The number of rotatable bonds is 3. The van der Waals surface area contributed by atoms with Gasteiger partial charge in [0.25, 0.3) is 0 Å². The van der Waals surface area contributed by atoms with E-state index in [1.807, 2.05) is 0 Å². The van der Waals surface area contributed by atoms with Gasteiger partial charge in [0, 0.05) is 0 Å². The predicted octanol–water partition coefficient (Wildman–Crippen LogP) is 0.0431. The quantitative estimate of drug-likeness (QED) is 0.594. The summed E-state index contributed by atoms with van der Waals surface area (Å²) in [7, 11) is 3.50. The fourth-order valence-corrected chi connectivity index (χ4v) is 3.16. The van der Waals surface area contributed by atoms with Crippen molar-refractivity contribution in [1.82, 2.24) is 0 Å². The second kappa shape index (κ2) is 2.91. The van der Waals surface area contributed by atoms with Crippen LogP contribution in [0.3, 0.4) is 0 Å². The van der Waals surface area contributed by atoms with Gasteiger partial charge in [-0.2, -0.15) is 0 Å². The minimum atomic E-state index is -0.187. The van der Waals surface area contributed by atoms with Gasteiger partial charge < -0.3 is 0 Å². The van der Waals surface area contributed by atoms with Crippen molar-refractivity contribution in [1.29, 1.82) is 0 Å². The van der Waals surface area contributed by atoms with Crippen molar-refractivity contribution in [2.75, 3.05) is 20.8 Å². The van der Waals surface area contributed by atoms with Gasteiger partial charge in [0.05, 0.1) is 0 Å². The van der Waals surface area contributed by atoms with Gasteiger partial charge in [-0.15, -0.1) is 0 Å². The van der Waals surface area contributed by atoms with Crippen molar-refractivity contribution in [3.05, 3.63) is 0 Å². The molecule has 1 aliphatic carbocycles. The third kappa shape index (κ3) is 0.966. The average molecular weight is 194 g/mol. The molecule has 76 valence electrons. The van der Waals surface area contributed by atoms with Gasteiger partial charge >= 0.3 is 83.9 Å². The summed E-state index contributed by atoms with van der Waals surface area (Å²) < 4.78 is 16.8. The molecule has 14 heavy (non-hydrogen) atoms. The Morgan fingerprint density at radius 3 is 3.00 bits per heavy atom. The Bertz CT molecular complexity index is 291. The molecule has 5 rings (SSSR count). The van der Waals surface area contributed by atoms with Gasteiger partial charge in [-0.05, 0) is 0 Å². The Morgan fingerprint density at radius 2 is 2.43 bits per heavy atom. The Hall–Kier alpha value is -0.185. The fraction of sp³-hybridized carbons (Fsp3) is 0.900. The molecule has 0 spiro atoms. The van der Waals surface area contributed by atoms with Gasteiger partial charge in [-0.3, -0.25) is 0 Å². The van der Waals surface area contributed by atoms with Crippen molar-refractivity contribution in [2.45, 2.75) is 30.5 Å². The van der Waals surface area contributed by atoms with Crippen LogP contribution in [-0.2, 0) is 14.2 Å². The van der Waals surface area contributed by atoms with Gasteiger partial charge in [0.1, 0.15) is 0 Å². The van der Waals surface area contributed by atoms with E-state index in [9.17, 15) is 0 Å². The number of hydrogen-bond acceptors (Lipinski definition) is 3. The van der Waals surface area contributed by atoms with Gasteiger partial charge in [0.15, 0.2) is 0 Å². The van der Waals surface area contributed by atoms with Crippen molar-refractivity contribution in [2.24, 2.45) is 5.92 Å². The monoisotopic (exact) mass is 194 g/mol. The van der Waals surface area contributed by atoms with E-state index in [-0.39, 0.29) is 11.7 Å². The summed E-state index contributed by atoms with van der Waals surface area (Å²) >= 11 is 0. The molecule has 2 saturated heterocycles. The molecular weight excluding hydrogens is 179 g/mol. The Labute approximate surface area is 84.6 Å². The summed E-state index contributed by atoms with van der Waals surface area (Å²) in [6.45, 7) is 2.90. The summed E-state index contributed by atoms with van der Waals surface area (Å²) in [6.07, 6.45) is 2.32. The Kier molecular flexibility index (Phi) is 1.88. The summed E-state index contributed by atoms with van der Waals surface area (Å²) in [5, 5.41) is 0. The van der Waals surface area contributed by atoms with E-state index in [1.165, 1.54) is 0 Å². The van der Waals surface area contributed by atoms with E-state index in [0.29, 0.717) is 18.5 Å². The third-order valence-corrected chi connectivity index (χ3v) is 3.85. The molecule has 4 heteroatoms. The van der Waals surface area contributed by atoms with Crippen molar-refractivity contribution in [3.8, 4) is 0 Å². The summed E-state index contributed by atoms with van der Waals surface area (Å²) in [5.41, 5.74) is 1.37. The summed E-state index contributed by atoms with van der Waals surface area (Å²) in [5.74, 6) is 0.638. The molecular formula is C10H15BO3. The first kappa shape index (κ1) is 9.07. The van der Waals surface area contributed by atoms with Crippen LogP contribution in [0.1, 0.15) is 12.8 Å². The van der Waals surface area contributed by atoms with Crippen LogP contribution in [0.2, 0.25) is 0 Å². The van der Waals surface area contributed by atoms with Crippen LogP contribution in [0.5, 0.6) is 0 Å². The van der Waals surface area contributed by atoms with Crippen LogP contribution >= 0.6 is 0 Å². The summed E-state index contributed by atoms with van der Waals surface area (Å²) in [4.78, 5) is 0. The molecule has 3 nitrogen and oxygen atoms in total. The first-order chi connectivity index (χ1) is 6.79. The number of fused-ring (bicyclic) bond motifs is 1. The van der Waals surface area contributed by atoms with E-state index in [2.05, 4.69) is 6.92 Å². The number of ether oxygens (including phenoxy) is 3. The van der Waals surface area contributed by atoms with E-state index in [1.54, 1.807) is 19.7 Å². The van der Waals surface area contributed by atoms with E-state index in [4.69, 9.17) is 14.2 Å². The standard InChI is InChI=1S/C10H15BO3/c1-12-5-10-4-7-6(3-8(10)13-2)9(11-7)14-10/h6,8-9H,3-5H2,1-2H3/t6?,8?,9-,10+/m1/s1. The molecule has 0 aromatic rings. The zero-order valence-corrected chi connectivity index (χ0v) is 8.66. The Balaban J connectivity index is 1.89. The zero-order chi connectivity index (χ0) is 9.76. The molecule has 4 aliphatic heterocycles. The second-order valence-corrected chi connectivity index (χ2v) is 4.57. The first-order valence-corrected chi connectivity index (χ1v) is 5.19. The van der Waals surface area contributed by atoms with Crippen LogP contribution in [0.15, 0.2) is 0 Å². The van der Waals surface area contributed by atoms with Crippen LogP contribution in [-0.4, -0.2) is 50.9 Å². The zero-order valence-electron chi connectivity index (χ0n) is 8.66. The van der Waals surface area contributed by atoms with E-state index in [0.717, 1.165) is 12.8 Å². The molecule has 4 bridgehead atoms. The van der Waals surface area contributed by atoms with Crippen LogP contribution in [0.25, 0.3) is 0 Å². The Morgan fingerprint density at radius 1 is 1.57 bits per heavy atom. The molecule has 0 N–H and O–H groups in total. The third-order valence-electron chi connectivity index (χ3n) is 3.85. The van der Waals surface area contributed by atoms with Crippen molar-refractivity contribution >= 4 is 12.4 Å². The van der Waals surface area contributed by atoms with Gasteiger partial charge in [-0.1, -0.05) is 0 Å². The maximum absolute atomic E-state index is 6.06. The maximum atomic E-state index is 6.06. The van der Waals surface area contributed by atoms with Crippen LogP contribution in [0.4, 0.5) is 0 Å². The van der Waals surface area contributed by atoms with Crippen molar-refractivity contribution < 1.29 is 14.2 Å². The number of methoxy groups -OCH3 is 2.